The van der Waals surface area contributed by atoms with Gasteiger partial charge in [0, 0.05) is 0 Å². The number of β-amino-alcohol motifs (C(OH)–C–C–N with tert-alkyl or cyclic N) is 1. The highest BCUT2D eigenvalue weighted by Gasteiger charge is 2.32. The minimum Gasteiger partial charge on any atom is -0.388 e. The summed E-state index contributed by atoms with van der Waals surface area (Å²) in [6.45, 7) is 0.0712. The summed E-state index contributed by atoms with van der Waals surface area (Å²) in [6, 6.07) is 8.59. The minimum atomic E-state index is -1.41. The molecule has 1 aromatic rings. The van der Waals surface area contributed by atoms with Gasteiger partial charge in [-0.3, -0.25) is 15.2 Å². The number of amides is 1. The summed E-state index contributed by atoms with van der Waals surface area (Å²) in [5, 5.41) is 28.9. The van der Waals surface area contributed by atoms with Gasteiger partial charge in [-0.1, -0.05) is 6.07 Å². The molecule has 1 saturated heterocycles. The zero-order valence-electron chi connectivity index (χ0n) is 8.87. The number of hydrazine groups is 1. The van der Waals surface area contributed by atoms with Crippen LogP contribution >= 0.6 is 0 Å². The van der Waals surface area contributed by atoms with E-state index in [1.807, 2.05) is 6.07 Å². The summed E-state index contributed by atoms with van der Waals surface area (Å²) in [5.41, 5.74) is 3.48. The Hall–Kier alpha value is -2.10. The highest BCUT2D eigenvalue weighted by atomic mass is 16.3. The maximum Gasteiger partial charge on any atom is 0.270 e. The number of benzene rings is 1. The molecule has 0 bridgehead atoms. The quantitative estimate of drug-likeness (QED) is 0.586. The lowest BCUT2D eigenvalue weighted by molar-refractivity contribution is -0.138. The highest BCUT2D eigenvalue weighted by molar-refractivity contribution is 5.84. The molecule has 2 rings (SSSR count). The number of hydrogen-bond donors (Lipinski definition) is 3. The van der Waals surface area contributed by atoms with Crippen molar-refractivity contribution in [1.29, 1.82) is 5.26 Å². The molecule has 1 aromatic carbocycles. The maximum absolute atomic E-state index is 11.3. The number of rotatable bonds is 1. The van der Waals surface area contributed by atoms with Crippen LogP contribution in [-0.2, 0) is 4.79 Å². The maximum atomic E-state index is 11.3. The van der Waals surface area contributed by atoms with Crippen molar-refractivity contribution >= 4 is 11.6 Å². The number of carbonyl (C=O) groups excluding carboxylic acids is 1. The molecule has 6 heteroatoms. The van der Waals surface area contributed by atoms with Gasteiger partial charge < -0.3 is 10.2 Å². The van der Waals surface area contributed by atoms with Crippen LogP contribution in [0.2, 0.25) is 0 Å². The molecule has 0 saturated carbocycles. The third-order valence-corrected chi connectivity index (χ3v) is 2.53. The van der Waals surface area contributed by atoms with Gasteiger partial charge in [-0.2, -0.15) is 5.26 Å². The van der Waals surface area contributed by atoms with Gasteiger partial charge in [0.15, 0.2) is 6.10 Å². The molecular formula is C11H11N3O3. The number of nitrogens with zero attached hydrogens (tertiary/aromatic N) is 2. The molecule has 1 aliphatic rings. The molecule has 0 aliphatic carbocycles. The lowest BCUT2D eigenvalue weighted by Crippen LogP contribution is -2.60. The van der Waals surface area contributed by atoms with Gasteiger partial charge in [-0.05, 0) is 18.2 Å². The van der Waals surface area contributed by atoms with E-state index in [2.05, 4.69) is 5.43 Å². The van der Waals surface area contributed by atoms with Gasteiger partial charge in [-0.15, -0.1) is 0 Å². The summed E-state index contributed by atoms with van der Waals surface area (Å²) in [7, 11) is 0. The molecule has 17 heavy (non-hydrogen) atoms. The van der Waals surface area contributed by atoms with Crippen molar-refractivity contribution in [1.82, 2.24) is 5.43 Å². The topological polar surface area (TPSA) is 96.6 Å². The van der Waals surface area contributed by atoms with E-state index < -0.39 is 18.1 Å². The average molecular weight is 233 g/mol. The van der Waals surface area contributed by atoms with Crippen LogP contribution < -0.4 is 10.4 Å². The second-order valence-electron chi connectivity index (χ2n) is 3.76. The number of nitriles is 1. The second-order valence-corrected chi connectivity index (χ2v) is 3.76. The predicted molar refractivity (Wildman–Crippen MR) is 58.7 cm³/mol. The van der Waals surface area contributed by atoms with Crippen molar-refractivity contribution in [3.8, 4) is 6.07 Å². The smallest absolute Gasteiger partial charge is 0.270 e. The lowest BCUT2D eigenvalue weighted by atomic mass is 10.1. The predicted octanol–water partition coefficient (Wildman–Crippen LogP) is -0.869. The molecule has 1 heterocycles. The Bertz CT molecular complexity index is 483. The van der Waals surface area contributed by atoms with Crippen LogP contribution in [0.5, 0.6) is 0 Å². The fourth-order valence-electron chi connectivity index (χ4n) is 1.62. The normalized spacial score (nSPS) is 24.1. The molecule has 0 aromatic heterocycles. The average Bonchev–Trinajstić information content (AvgIpc) is 2.35. The van der Waals surface area contributed by atoms with Crippen molar-refractivity contribution in [3.05, 3.63) is 29.8 Å². The Balaban J connectivity index is 2.23. The zero-order valence-corrected chi connectivity index (χ0v) is 8.87. The van der Waals surface area contributed by atoms with E-state index in [4.69, 9.17) is 5.26 Å². The van der Waals surface area contributed by atoms with Crippen molar-refractivity contribution < 1.29 is 15.0 Å². The van der Waals surface area contributed by atoms with Crippen LogP contribution in [0.3, 0.4) is 0 Å². The first kappa shape index (κ1) is 11.4. The number of aliphatic hydroxyl groups excluding tert-OH is 2. The van der Waals surface area contributed by atoms with Gasteiger partial charge in [0.05, 0.1) is 23.9 Å². The molecular weight excluding hydrogens is 222 g/mol. The first-order valence-corrected chi connectivity index (χ1v) is 5.06. The fraction of sp³-hybridized carbons (Fsp3) is 0.273. The minimum absolute atomic E-state index is 0.0712. The molecule has 0 radical (unpaired) electrons. The van der Waals surface area contributed by atoms with E-state index >= 15 is 0 Å². The Morgan fingerprint density at radius 1 is 1.47 bits per heavy atom. The highest BCUT2D eigenvalue weighted by Crippen LogP contribution is 2.17. The molecule has 2 atom stereocenters. The van der Waals surface area contributed by atoms with E-state index in [1.54, 1.807) is 24.3 Å². The first-order valence-electron chi connectivity index (χ1n) is 5.06. The summed E-state index contributed by atoms with van der Waals surface area (Å²) in [4.78, 5) is 11.3. The number of carbonyl (C=O) groups is 1. The van der Waals surface area contributed by atoms with E-state index in [9.17, 15) is 15.0 Å². The summed E-state index contributed by atoms with van der Waals surface area (Å²) in [5.74, 6) is -0.661. The summed E-state index contributed by atoms with van der Waals surface area (Å²) < 4.78 is 0. The Morgan fingerprint density at radius 2 is 2.24 bits per heavy atom. The monoisotopic (exact) mass is 233 g/mol. The third-order valence-electron chi connectivity index (χ3n) is 2.53. The van der Waals surface area contributed by atoms with Crippen LogP contribution in [0, 0.1) is 11.3 Å². The van der Waals surface area contributed by atoms with Crippen molar-refractivity contribution in [3.63, 3.8) is 0 Å². The second kappa shape index (κ2) is 4.41. The van der Waals surface area contributed by atoms with E-state index in [-0.39, 0.29) is 6.54 Å². The summed E-state index contributed by atoms with van der Waals surface area (Å²) >= 11 is 0. The molecule has 3 N–H and O–H groups in total. The molecule has 88 valence electrons. The molecule has 6 nitrogen and oxygen atoms in total. The van der Waals surface area contributed by atoms with E-state index in [0.717, 1.165) is 0 Å². The molecule has 1 amide bonds. The van der Waals surface area contributed by atoms with Crippen LogP contribution in [0.4, 0.5) is 5.69 Å². The largest absolute Gasteiger partial charge is 0.388 e. The Kier molecular flexibility index (Phi) is 2.95. The van der Waals surface area contributed by atoms with Crippen LogP contribution in [0.15, 0.2) is 24.3 Å². The van der Waals surface area contributed by atoms with Crippen LogP contribution in [0.25, 0.3) is 0 Å². The van der Waals surface area contributed by atoms with Crippen LogP contribution in [0.1, 0.15) is 5.56 Å². The van der Waals surface area contributed by atoms with Crippen molar-refractivity contribution in [2.24, 2.45) is 0 Å². The van der Waals surface area contributed by atoms with Gasteiger partial charge >= 0.3 is 0 Å². The number of anilines is 1. The van der Waals surface area contributed by atoms with E-state index in [0.29, 0.717) is 11.3 Å². The first-order chi connectivity index (χ1) is 8.11. The summed E-state index contributed by atoms with van der Waals surface area (Å²) in [6.07, 6.45) is -2.56. The Labute approximate surface area is 97.7 Å². The third kappa shape index (κ3) is 2.20. The van der Waals surface area contributed by atoms with Crippen molar-refractivity contribution in [2.75, 3.05) is 11.6 Å². The van der Waals surface area contributed by atoms with Gasteiger partial charge in [0.1, 0.15) is 6.10 Å². The standard InChI is InChI=1S/C11H11N3O3/c12-5-7-2-1-3-8(4-7)14-6-9(15)10(16)11(17)13-14/h1-4,9-10,15-16H,6H2,(H,13,17). The van der Waals surface area contributed by atoms with Gasteiger partial charge in [0.2, 0.25) is 0 Å². The zero-order chi connectivity index (χ0) is 12.4. The number of nitrogens with one attached hydrogen (secondary N) is 1. The van der Waals surface area contributed by atoms with E-state index in [1.165, 1.54) is 5.01 Å². The molecule has 1 fully saturated rings. The molecule has 1 aliphatic heterocycles. The lowest BCUT2D eigenvalue weighted by Gasteiger charge is -2.34. The van der Waals surface area contributed by atoms with Crippen molar-refractivity contribution in [2.45, 2.75) is 12.2 Å². The SMILES string of the molecule is N#Cc1cccc(N2CC(O)C(O)C(=O)N2)c1. The van der Waals surface area contributed by atoms with Gasteiger partial charge in [0.25, 0.3) is 5.91 Å². The van der Waals surface area contributed by atoms with Crippen LogP contribution in [-0.4, -0.2) is 34.9 Å². The van der Waals surface area contributed by atoms with Gasteiger partial charge in [-0.25, -0.2) is 0 Å². The number of hydrogen-bond acceptors (Lipinski definition) is 5. The molecule has 0 spiro atoms. The number of aliphatic hydroxyl groups is 2. The molecule has 2 unspecified atom stereocenters. The Morgan fingerprint density at radius 3 is 2.88 bits per heavy atom. The fourth-order valence-corrected chi connectivity index (χ4v) is 1.62.